The molecule has 3 atom stereocenters. The van der Waals surface area contributed by atoms with Gasteiger partial charge >= 0.3 is 0 Å². The summed E-state index contributed by atoms with van der Waals surface area (Å²) in [5.41, 5.74) is 0. The fourth-order valence-corrected chi connectivity index (χ4v) is 3.52. The highest BCUT2D eigenvalue weighted by Gasteiger charge is 2.28. The van der Waals surface area contributed by atoms with Crippen LogP contribution < -0.4 is 4.72 Å². The molecule has 1 aromatic heterocycles. The van der Waals surface area contributed by atoms with Crippen molar-refractivity contribution in [3.05, 3.63) is 12.4 Å². The van der Waals surface area contributed by atoms with E-state index >= 15 is 0 Å². The third kappa shape index (κ3) is 2.87. The van der Waals surface area contributed by atoms with E-state index in [0.717, 1.165) is 19.3 Å². The van der Waals surface area contributed by atoms with Crippen molar-refractivity contribution < 1.29 is 8.42 Å². The van der Waals surface area contributed by atoms with Gasteiger partial charge in [-0.15, -0.1) is 0 Å². The first-order chi connectivity index (χ1) is 7.99. The molecule has 17 heavy (non-hydrogen) atoms. The number of aromatic amines is 1. The maximum absolute atomic E-state index is 12.0. The zero-order chi connectivity index (χ0) is 12.5. The van der Waals surface area contributed by atoms with Crippen molar-refractivity contribution in [2.75, 3.05) is 0 Å². The van der Waals surface area contributed by atoms with Crippen LogP contribution >= 0.6 is 0 Å². The number of sulfonamides is 1. The van der Waals surface area contributed by atoms with Gasteiger partial charge in [-0.3, -0.25) is 5.10 Å². The maximum Gasteiger partial charge on any atom is 0.243 e. The molecule has 3 unspecified atom stereocenters. The normalized spacial score (nSPS) is 30.4. The minimum Gasteiger partial charge on any atom is -0.284 e. The second-order valence-electron chi connectivity index (χ2n) is 5.02. The molecule has 6 heteroatoms. The number of nitrogens with zero attached hydrogens (tertiary/aromatic N) is 1. The number of hydrogen-bond acceptors (Lipinski definition) is 3. The van der Waals surface area contributed by atoms with Gasteiger partial charge in [-0.1, -0.05) is 13.8 Å². The summed E-state index contributed by atoms with van der Waals surface area (Å²) in [6, 6.07) is 0.0566. The topological polar surface area (TPSA) is 74.8 Å². The molecule has 1 heterocycles. The standard InChI is InChI=1S/C11H19N3O2S/c1-8-3-4-10(5-9(8)2)14-17(15,16)11-6-12-13-7-11/h6-10,14H,3-5H2,1-2H3,(H,12,13). The molecule has 0 aromatic carbocycles. The molecule has 2 rings (SSSR count). The molecule has 0 spiro atoms. The predicted octanol–water partition coefficient (Wildman–Crippen LogP) is 1.51. The molecule has 0 saturated heterocycles. The Hall–Kier alpha value is -0.880. The Balaban J connectivity index is 2.02. The molecule has 0 bridgehead atoms. The molecule has 1 aliphatic rings. The van der Waals surface area contributed by atoms with Crippen molar-refractivity contribution in [2.24, 2.45) is 11.8 Å². The van der Waals surface area contributed by atoms with Crippen molar-refractivity contribution in [2.45, 2.75) is 44.0 Å². The Morgan fingerprint density at radius 2 is 2.12 bits per heavy atom. The van der Waals surface area contributed by atoms with Gasteiger partial charge in [0.05, 0.1) is 6.20 Å². The summed E-state index contributed by atoms with van der Waals surface area (Å²) >= 11 is 0. The number of hydrogen-bond donors (Lipinski definition) is 2. The van der Waals surface area contributed by atoms with Gasteiger partial charge in [0, 0.05) is 12.2 Å². The molecule has 1 fully saturated rings. The van der Waals surface area contributed by atoms with Crippen LogP contribution in [0.2, 0.25) is 0 Å². The van der Waals surface area contributed by atoms with Crippen molar-refractivity contribution in [1.82, 2.24) is 14.9 Å². The summed E-state index contributed by atoms with van der Waals surface area (Å²) in [5, 5.41) is 6.18. The van der Waals surface area contributed by atoms with E-state index in [0.29, 0.717) is 11.8 Å². The van der Waals surface area contributed by atoms with Crippen LogP contribution in [0.15, 0.2) is 17.3 Å². The van der Waals surface area contributed by atoms with Crippen molar-refractivity contribution in [3.8, 4) is 0 Å². The number of nitrogens with one attached hydrogen (secondary N) is 2. The smallest absolute Gasteiger partial charge is 0.243 e. The third-order valence-electron chi connectivity index (χ3n) is 3.70. The predicted molar refractivity (Wildman–Crippen MR) is 64.9 cm³/mol. The summed E-state index contributed by atoms with van der Waals surface area (Å²) in [7, 11) is -3.40. The van der Waals surface area contributed by atoms with Crippen molar-refractivity contribution in [1.29, 1.82) is 0 Å². The average molecular weight is 257 g/mol. The lowest BCUT2D eigenvalue weighted by molar-refractivity contribution is 0.242. The van der Waals surface area contributed by atoms with Crippen LogP contribution in [-0.2, 0) is 10.0 Å². The third-order valence-corrected chi connectivity index (χ3v) is 5.19. The molecule has 5 nitrogen and oxygen atoms in total. The fourth-order valence-electron chi connectivity index (χ4n) is 2.33. The molecule has 0 aliphatic heterocycles. The lowest BCUT2D eigenvalue weighted by atomic mass is 9.79. The first-order valence-corrected chi connectivity index (χ1v) is 7.48. The van der Waals surface area contributed by atoms with E-state index < -0.39 is 10.0 Å². The lowest BCUT2D eigenvalue weighted by Gasteiger charge is -2.32. The van der Waals surface area contributed by atoms with E-state index in [4.69, 9.17) is 0 Å². The quantitative estimate of drug-likeness (QED) is 0.862. The number of H-pyrrole nitrogens is 1. The van der Waals surface area contributed by atoms with Crippen LogP contribution in [-0.4, -0.2) is 24.7 Å². The zero-order valence-corrected chi connectivity index (χ0v) is 11.0. The first kappa shape index (κ1) is 12.6. The Bertz CT molecular complexity index is 455. The Labute approximate surface area is 102 Å². The summed E-state index contributed by atoms with van der Waals surface area (Å²) in [6.07, 6.45) is 5.65. The van der Waals surface area contributed by atoms with Gasteiger partial charge in [0.1, 0.15) is 4.90 Å². The molecule has 1 aliphatic carbocycles. The summed E-state index contributed by atoms with van der Waals surface area (Å²) in [5.74, 6) is 1.26. The molecule has 0 amide bonds. The van der Waals surface area contributed by atoms with Crippen LogP contribution in [0, 0.1) is 11.8 Å². The number of rotatable bonds is 3. The van der Waals surface area contributed by atoms with E-state index in [2.05, 4.69) is 28.8 Å². The average Bonchev–Trinajstić information content (AvgIpc) is 2.77. The van der Waals surface area contributed by atoms with Crippen LogP contribution in [0.3, 0.4) is 0 Å². The van der Waals surface area contributed by atoms with Gasteiger partial charge in [0.15, 0.2) is 0 Å². The van der Waals surface area contributed by atoms with Crippen LogP contribution in [0.5, 0.6) is 0 Å². The second kappa shape index (κ2) is 4.78. The minimum atomic E-state index is -3.40. The molecule has 1 aromatic rings. The van der Waals surface area contributed by atoms with Crippen molar-refractivity contribution >= 4 is 10.0 Å². The number of aromatic nitrogens is 2. The van der Waals surface area contributed by atoms with E-state index in [-0.39, 0.29) is 10.9 Å². The van der Waals surface area contributed by atoms with E-state index in [1.54, 1.807) is 0 Å². The van der Waals surface area contributed by atoms with E-state index in [1.807, 2.05) is 0 Å². The molecule has 1 saturated carbocycles. The molecular weight excluding hydrogens is 238 g/mol. The second-order valence-corrected chi connectivity index (χ2v) is 6.73. The van der Waals surface area contributed by atoms with Crippen molar-refractivity contribution in [3.63, 3.8) is 0 Å². The lowest BCUT2D eigenvalue weighted by Crippen LogP contribution is -2.39. The highest BCUT2D eigenvalue weighted by molar-refractivity contribution is 7.89. The minimum absolute atomic E-state index is 0.0566. The highest BCUT2D eigenvalue weighted by atomic mass is 32.2. The molecule has 2 N–H and O–H groups in total. The van der Waals surface area contributed by atoms with Gasteiger partial charge in [-0.25, -0.2) is 13.1 Å². The molecular formula is C11H19N3O2S. The van der Waals surface area contributed by atoms with Gasteiger partial charge in [-0.05, 0) is 31.1 Å². The highest BCUT2D eigenvalue weighted by Crippen LogP contribution is 2.29. The van der Waals surface area contributed by atoms with Gasteiger partial charge in [0.2, 0.25) is 10.0 Å². The summed E-state index contributed by atoms with van der Waals surface area (Å²) in [6.45, 7) is 4.41. The van der Waals surface area contributed by atoms with Crippen LogP contribution in [0.1, 0.15) is 33.1 Å². The summed E-state index contributed by atoms with van der Waals surface area (Å²) in [4.78, 5) is 0.212. The maximum atomic E-state index is 12.0. The van der Waals surface area contributed by atoms with Gasteiger partial charge in [-0.2, -0.15) is 5.10 Å². The first-order valence-electron chi connectivity index (χ1n) is 6.00. The fraction of sp³-hybridized carbons (Fsp3) is 0.727. The molecule has 0 radical (unpaired) electrons. The monoisotopic (exact) mass is 257 g/mol. The summed E-state index contributed by atoms with van der Waals surface area (Å²) < 4.78 is 26.7. The Morgan fingerprint density at radius 3 is 2.71 bits per heavy atom. The zero-order valence-electron chi connectivity index (χ0n) is 10.2. The van der Waals surface area contributed by atoms with Crippen LogP contribution in [0.4, 0.5) is 0 Å². The van der Waals surface area contributed by atoms with E-state index in [9.17, 15) is 8.42 Å². The Morgan fingerprint density at radius 1 is 1.35 bits per heavy atom. The molecule has 96 valence electrons. The van der Waals surface area contributed by atoms with Crippen LogP contribution in [0.25, 0.3) is 0 Å². The van der Waals surface area contributed by atoms with E-state index in [1.165, 1.54) is 12.4 Å². The Kier molecular flexibility index (Phi) is 3.53. The van der Waals surface area contributed by atoms with Gasteiger partial charge in [0.25, 0.3) is 0 Å². The SMILES string of the molecule is CC1CCC(NS(=O)(=O)c2cn[nH]c2)CC1C. The van der Waals surface area contributed by atoms with Gasteiger partial charge < -0.3 is 0 Å². The largest absolute Gasteiger partial charge is 0.284 e.